The number of nitrogens with one attached hydrogen (secondary N) is 1. The standard InChI is InChI=1S/C9H13BrN2/c10-9-8(4-11)7-3-1-2-6(7)5-12-9/h5,9,12H,1-4,11H2. The van der Waals surface area contributed by atoms with Gasteiger partial charge in [-0.05, 0) is 36.0 Å². The molecule has 1 fully saturated rings. The van der Waals surface area contributed by atoms with E-state index in [1.54, 1.807) is 0 Å². The molecule has 0 spiro atoms. The van der Waals surface area contributed by atoms with Crippen molar-refractivity contribution >= 4 is 15.9 Å². The molecule has 0 radical (unpaired) electrons. The molecule has 1 atom stereocenters. The molecule has 0 bridgehead atoms. The summed E-state index contributed by atoms with van der Waals surface area (Å²) in [6.07, 6.45) is 5.83. The van der Waals surface area contributed by atoms with Crippen LogP contribution in [0.1, 0.15) is 19.3 Å². The molecule has 1 unspecified atom stereocenters. The molecule has 3 heteroatoms. The zero-order chi connectivity index (χ0) is 8.55. The van der Waals surface area contributed by atoms with E-state index in [-0.39, 0.29) is 4.95 Å². The smallest absolute Gasteiger partial charge is 0.105 e. The quantitative estimate of drug-likeness (QED) is 0.529. The molecule has 2 rings (SSSR count). The Balaban J connectivity index is 2.37. The van der Waals surface area contributed by atoms with E-state index in [2.05, 4.69) is 27.4 Å². The van der Waals surface area contributed by atoms with Crippen LogP contribution in [0.2, 0.25) is 0 Å². The highest BCUT2D eigenvalue weighted by molar-refractivity contribution is 9.09. The number of fused-ring (bicyclic) bond motifs is 1. The molecular formula is C9H13BrN2. The third-order valence-electron chi connectivity index (χ3n) is 2.58. The normalized spacial score (nSPS) is 28.2. The van der Waals surface area contributed by atoms with Crippen LogP contribution in [0.4, 0.5) is 0 Å². The number of halogens is 1. The lowest BCUT2D eigenvalue weighted by Gasteiger charge is -2.22. The van der Waals surface area contributed by atoms with Crippen molar-refractivity contribution in [3.63, 3.8) is 0 Å². The van der Waals surface area contributed by atoms with E-state index in [4.69, 9.17) is 5.73 Å². The Bertz CT molecular complexity index is 255. The van der Waals surface area contributed by atoms with Gasteiger partial charge in [-0.15, -0.1) is 0 Å². The summed E-state index contributed by atoms with van der Waals surface area (Å²) < 4.78 is 0. The number of nitrogens with two attached hydrogens (primary N) is 1. The SMILES string of the molecule is NCC1=C2CCCC2=CNC1Br. The number of allylic oxidation sites excluding steroid dienone is 2. The summed E-state index contributed by atoms with van der Waals surface area (Å²) in [6, 6.07) is 0. The lowest BCUT2D eigenvalue weighted by Crippen LogP contribution is -2.29. The van der Waals surface area contributed by atoms with Crippen molar-refractivity contribution < 1.29 is 0 Å². The van der Waals surface area contributed by atoms with Crippen LogP contribution in [-0.2, 0) is 0 Å². The highest BCUT2D eigenvalue weighted by Gasteiger charge is 2.24. The Morgan fingerprint density at radius 3 is 3.17 bits per heavy atom. The Hall–Kier alpha value is -0.280. The number of hydrogen-bond donors (Lipinski definition) is 2. The van der Waals surface area contributed by atoms with Gasteiger partial charge >= 0.3 is 0 Å². The van der Waals surface area contributed by atoms with Gasteiger partial charge in [0.05, 0.1) is 0 Å². The van der Waals surface area contributed by atoms with Crippen molar-refractivity contribution in [3.05, 3.63) is 22.9 Å². The fraction of sp³-hybridized carbons (Fsp3) is 0.556. The lowest BCUT2D eigenvalue weighted by molar-refractivity contribution is 0.818. The third-order valence-corrected chi connectivity index (χ3v) is 3.39. The van der Waals surface area contributed by atoms with Gasteiger partial charge in [-0.25, -0.2) is 0 Å². The van der Waals surface area contributed by atoms with Gasteiger partial charge in [-0.1, -0.05) is 15.9 Å². The van der Waals surface area contributed by atoms with E-state index in [0.29, 0.717) is 6.54 Å². The minimum absolute atomic E-state index is 0.263. The molecular weight excluding hydrogens is 216 g/mol. The second kappa shape index (κ2) is 3.23. The number of dihydropyridines is 1. The molecule has 12 heavy (non-hydrogen) atoms. The Kier molecular flexibility index (Phi) is 2.24. The first-order valence-corrected chi connectivity index (χ1v) is 5.26. The number of rotatable bonds is 1. The first kappa shape index (κ1) is 8.32. The van der Waals surface area contributed by atoms with Crippen molar-refractivity contribution in [1.82, 2.24) is 5.32 Å². The van der Waals surface area contributed by atoms with Crippen LogP contribution in [-0.4, -0.2) is 11.5 Å². The summed E-state index contributed by atoms with van der Waals surface area (Å²) in [4.78, 5) is 0.263. The summed E-state index contributed by atoms with van der Waals surface area (Å²) in [5.74, 6) is 0. The molecule has 1 heterocycles. The molecule has 1 aliphatic heterocycles. The summed E-state index contributed by atoms with van der Waals surface area (Å²) in [7, 11) is 0. The maximum atomic E-state index is 5.69. The predicted octanol–water partition coefficient (Wildman–Crippen LogP) is 1.63. The minimum atomic E-state index is 0.263. The van der Waals surface area contributed by atoms with Crippen LogP contribution in [0.15, 0.2) is 22.9 Å². The molecule has 0 amide bonds. The summed E-state index contributed by atoms with van der Waals surface area (Å²) >= 11 is 3.56. The van der Waals surface area contributed by atoms with Gasteiger partial charge < -0.3 is 11.1 Å². The molecule has 2 aliphatic rings. The van der Waals surface area contributed by atoms with Gasteiger partial charge in [0.25, 0.3) is 0 Å². The molecule has 3 N–H and O–H groups in total. The largest absolute Gasteiger partial charge is 0.375 e. The van der Waals surface area contributed by atoms with Crippen LogP contribution < -0.4 is 11.1 Å². The predicted molar refractivity (Wildman–Crippen MR) is 53.9 cm³/mol. The fourth-order valence-corrected chi connectivity index (χ4v) is 2.54. The van der Waals surface area contributed by atoms with Gasteiger partial charge in [0, 0.05) is 12.7 Å². The van der Waals surface area contributed by atoms with Crippen molar-refractivity contribution in [3.8, 4) is 0 Å². The second-order valence-electron chi connectivity index (χ2n) is 3.26. The molecule has 0 aromatic heterocycles. The number of hydrogen-bond acceptors (Lipinski definition) is 2. The number of alkyl halides is 1. The Morgan fingerprint density at radius 1 is 1.58 bits per heavy atom. The molecule has 66 valence electrons. The van der Waals surface area contributed by atoms with E-state index in [9.17, 15) is 0 Å². The van der Waals surface area contributed by atoms with E-state index in [1.165, 1.54) is 36.0 Å². The highest BCUT2D eigenvalue weighted by atomic mass is 79.9. The lowest BCUT2D eigenvalue weighted by atomic mass is 10.0. The maximum absolute atomic E-state index is 5.69. The van der Waals surface area contributed by atoms with E-state index in [1.807, 2.05) is 0 Å². The Morgan fingerprint density at radius 2 is 2.42 bits per heavy atom. The average molecular weight is 229 g/mol. The maximum Gasteiger partial charge on any atom is 0.105 e. The molecule has 2 nitrogen and oxygen atoms in total. The average Bonchev–Trinajstić information content (AvgIpc) is 2.52. The summed E-state index contributed by atoms with van der Waals surface area (Å²) in [5.41, 5.74) is 9.99. The van der Waals surface area contributed by atoms with E-state index >= 15 is 0 Å². The van der Waals surface area contributed by atoms with Crippen molar-refractivity contribution in [2.45, 2.75) is 24.2 Å². The fourth-order valence-electron chi connectivity index (χ4n) is 1.95. The monoisotopic (exact) mass is 228 g/mol. The topological polar surface area (TPSA) is 38.0 Å². The van der Waals surface area contributed by atoms with Crippen molar-refractivity contribution in [1.29, 1.82) is 0 Å². The van der Waals surface area contributed by atoms with E-state index in [0.717, 1.165) is 0 Å². The van der Waals surface area contributed by atoms with Crippen LogP contribution in [0.3, 0.4) is 0 Å². The van der Waals surface area contributed by atoms with Crippen LogP contribution in [0, 0.1) is 0 Å². The van der Waals surface area contributed by atoms with Crippen LogP contribution in [0.5, 0.6) is 0 Å². The minimum Gasteiger partial charge on any atom is -0.375 e. The van der Waals surface area contributed by atoms with Gasteiger partial charge in [0.2, 0.25) is 0 Å². The van der Waals surface area contributed by atoms with Crippen molar-refractivity contribution in [2.24, 2.45) is 5.73 Å². The van der Waals surface area contributed by atoms with E-state index < -0.39 is 0 Å². The molecule has 1 aliphatic carbocycles. The zero-order valence-corrected chi connectivity index (χ0v) is 8.52. The van der Waals surface area contributed by atoms with Gasteiger partial charge in [-0.3, -0.25) is 0 Å². The molecule has 0 aromatic rings. The summed E-state index contributed by atoms with van der Waals surface area (Å²) in [6.45, 7) is 0.662. The highest BCUT2D eigenvalue weighted by Crippen LogP contribution is 2.36. The third kappa shape index (κ3) is 1.21. The van der Waals surface area contributed by atoms with Crippen molar-refractivity contribution in [2.75, 3.05) is 6.54 Å². The molecule has 0 saturated heterocycles. The molecule has 1 saturated carbocycles. The van der Waals surface area contributed by atoms with Gasteiger partial charge in [-0.2, -0.15) is 0 Å². The Labute approximate surface area is 81.0 Å². The van der Waals surface area contributed by atoms with Gasteiger partial charge in [0.15, 0.2) is 0 Å². The zero-order valence-electron chi connectivity index (χ0n) is 6.94. The molecule has 0 aromatic carbocycles. The summed E-state index contributed by atoms with van der Waals surface area (Å²) in [5, 5.41) is 3.27. The van der Waals surface area contributed by atoms with Crippen LogP contribution in [0.25, 0.3) is 0 Å². The first-order chi connectivity index (χ1) is 5.83. The second-order valence-corrected chi connectivity index (χ2v) is 4.18. The first-order valence-electron chi connectivity index (χ1n) is 4.34. The van der Waals surface area contributed by atoms with Crippen LogP contribution >= 0.6 is 15.9 Å². The van der Waals surface area contributed by atoms with Gasteiger partial charge in [0.1, 0.15) is 4.95 Å².